The lowest BCUT2D eigenvalue weighted by Gasteiger charge is -2.13. The number of benzene rings is 3. The van der Waals surface area contributed by atoms with Crippen LogP contribution in [0, 0.1) is 6.92 Å². The van der Waals surface area contributed by atoms with Gasteiger partial charge in [0.05, 0.1) is 4.47 Å². The highest BCUT2D eigenvalue weighted by Gasteiger charge is 2.22. The predicted molar refractivity (Wildman–Crippen MR) is 116 cm³/mol. The second-order valence-electron chi connectivity index (χ2n) is 6.37. The Morgan fingerprint density at radius 2 is 1.81 bits per heavy atom. The average molecular weight is 439 g/mol. The van der Waals surface area contributed by atoms with Crippen molar-refractivity contribution < 1.29 is 4.74 Å². The first-order valence-electron chi connectivity index (χ1n) is 8.72. The summed E-state index contributed by atoms with van der Waals surface area (Å²) in [5, 5.41) is 5.59. The first kappa shape index (κ1) is 18.1. The molecule has 1 N–H and O–H groups in total. The number of hydrogen-bond donors (Lipinski definition) is 1. The zero-order valence-corrected chi connectivity index (χ0v) is 17.3. The number of aryl methyl sites for hydroxylation is 1. The molecule has 0 saturated carbocycles. The summed E-state index contributed by atoms with van der Waals surface area (Å²) >= 11 is 5.36. The Balaban J connectivity index is 1.41. The SMILES string of the molecule is Cc1ccc(COc2ccc([C@H]3NN=C(c4ccccc4)S3)cc2Br)cc1. The van der Waals surface area contributed by atoms with Gasteiger partial charge in [-0.25, -0.2) is 0 Å². The molecule has 1 aliphatic heterocycles. The van der Waals surface area contributed by atoms with Crippen molar-refractivity contribution in [1.29, 1.82) is 0 Å². The van der Waals surface area contributed by atoms with Gasteiger partial charge < -0.3 is 4.74 Å². The first-order chi connectivity index (χ1) is 13.2. The highest BCUT2D eigenvalue weighted by molar-refractivity contribution is 9.10. The van der Waals surface area contributed by atoms with Crippen LogP contribution in [0.4, 0.5) is 0 Å². The maximum Gasteiger partial charge on any atom is 0.134 e. The minimum absolute atomic E-state index is 0.0997. The third kappa shape index (κ3) is 4.37. The monoisotopic (exact) mass is 438 g/mol. The number of rotatable bonds is 5. The van der Waals surface area contributed by atoms with Gasteiger partial charge in [0.25, 0.3) is 0 Å². The van der Waals surface area contributed by atoms with E-state index in [0.717, 1.165) is 32.0 Å². The van der Waals surface area contributed by atoms with E-state index in [1.165, 1.54) is 5.56 Å². The third-order valence-corrected chi connectivity index (χ3v) is 6.09. The minimum Gasteiger partial charge on any atom is -0.488 e. The second kappa shape index (κ2) is 8.19. The number of hydrazone groups is 1. The van der Waals surface area contributed by atoms with E-state index in [9.17, 15) is 0 Å². The molecule has 0 amide bonds. The topological polar surface area (TPSA) is 33.6 Å². The van der Waals surface area contributed by atoms with Crippen molar-refractivity contribution in [3.8, 4) is 5.75 Å². The van der Waals surface area contributed by atoms with Gasteiger partial charge in [0.2, 0.25) is 0 Å². The lowest BCUT2D eigenvalue weighted by Crippen LogP contribution is -2.06. The minimum atomic E-state index is 0.0997. The average Bonchev–Trinajstić information content (AvgIpc) is 3.19. The van der Waals surface area contributed by atoms with E-state index in [1.54, 1.807) is 11.8 Å². The lowest BCUT2D eigenvalue weighted by molar-refractivity contribution is 0.304. The molecule has 0 saturated heterocycles. The number of hydrogen-bond acceptors (Lipinski definition) is 4. The van der Waals surface area contributed by atoms with Crippen molar-refractivity contribution in [3.05, 3.63) is 99.5 Å². The molecule has 0 unspecified atom stereocenters. The molecule has 5 heteroatoms. The van der Waals surface area contributed by atoms with Gasteiger partial charge >= 0.3 is 0 Å². The van der Waals surface area contributed by atoms with Crippen LogP contribution < -0.4 is 10.2 Å². The standard InChI is InChI=1S/C22H19BrN2OS/c1-15-7-9-16(10-8-15)14-26-20-12-11-18(13-19(20)23)22-25-24-21(27-22)17-5-3-2-4-6-17/h2-13,22,25H,14H2,1H3/t22-/m0/s1. The molecular weight excluding hydrogens is 420 g/mol. The van der Waals surface area contributed by atoms with Crippen LogP contribution in [0.15, 0.2) is 82.4 Å². The highest BCUT2D eigenvalue weighted by Crippen LogP contribution is 2.37. The van der Waals surface area contributed by atoms with Crippen LogP contribution in [-0.4, -0.2) is 5.04 Å². The fraction of sp³-hybridized carbons (Fsp3) is 0.136. The number of thioether (sulfide) groups is 1. The molecule has 3 aromatic rings. The van der Waals surface area contributed by atoms with Gasteiger partial charge in [-0.1, -0.05) is 78.0 Å². The van der Waals surface area contributed by atoms with Crippen LogP contribution in [0.3, 0.4) is 0 Å². The van der Waals surface area contributed by atoms with Crippen LogP contribution in [0.1, 0.15) is 27.6 Å². The summed E-state index contributed by atoms with van der Waals surface area (Å²) in [5.41, 5.74) is 7.92. The summed E-state index contributed by atoms with van der Waals surface area (Å²) in [6.45, 7) is 2.64. The Hall–Kier alpha value is -2.24. The number of nitrogens with zero attached hydrogens (tertiary/aromatic N) is 1. The lowest BCUT2D eigenvalue weighted by atomic mass is 10.2. The van der Waals surface area contributed by atoms with E-state index in [1.807, 2.05) is 24.3 Å². The molecule has 1 heterocycles. The molecule has 0 radical (unpaired) electrons. The third-order valence-electron chi connectivity index (χ3n) is 4.31. The van der Waals surface area contributed by atoms with Crippen molar-refractivity contribution in [2.24, 2.45) is 5.10 Å². The maximum atomic E-state index is 5.97. The Kier molecular flexibility index (Phi) is 5.50. The molecule has 136 valence electrons. The molecule has 0 fully saturated rings. The molecule has 27 heavy (non-hydrogen) atoms. The Labute approximate surface area is 172 Å². The van der Waals surface area contributed by atoms with Crippen LogP contribution in [0.25, 0.3) is 0 Å². The smallest absolute Gasteiger partial charge is 0.134 e. The first-order valence-corrected chi connectivity index (χ1v) is 10.4. The quantitative estimate of drug-likeness (QED) is 0.527. The maximum absolute atomic E-state index is 5.97. The van der Waals surface area contributed by atoms with Crippen molar-refractivity contribution in [2.75, 3.05) is 0 Å². The second-order valence-corrected chi connectivity index (χ2v) is 8.32. The summed E-state index contributed by atoms with van der Waals surface area (Å²) in [5.74, 6) is 0.839. The largest absolute Gasteiger partial charge is 0.488 e. The van der Waals surface area contributed by atoms with Gasteiger partial charge in [-0.15, -0.1) is 0 Å². The van der Waals surface area contributed by atoms with Crippen LogP contribution in [0.5, 0.6) is 5.75 Å². The van der Waals surface area contributed by atoms with Crippen LogP contribution in [-0.2, 0) is 6.61 Å². The van der Waals surface area contributed by atoms with Gasteiger partial charge in [0.15, 0.2) is 0 Å². The normalized spacial score (nSPS) is 15.9. The predicted octanol–water partition coefficient (Wildman–Crippen LogP) is 6.03. The summed E-state index contributed by atoms with van der Waals surface area (Å²) in [6.07, 6.45) is 0. The molecule has 0 bridgehead atoms. The molecule has 3 aromatic carbocycles. The molecule has 0 aliphatic carbocycles. The van der Waals surface area contributed by atoms with Gasteiger partial charge in [0.1, 0.15) is 22.8 Å². The van der Waals surface area contributed by atoms with Gasteiger partial charge in [-0.3, -0.25) is 5.43 Å². The zero-order chi connectivity index (χ0) is 18.6. The Morgan fingerprint density at radius 3 is 2.56 bits per heavy atom. The van der Waals surface area contributed by atoms with Crippen LogP contribution >= 0.6 is 27.7 Å². The van der Waals surface area contributed by atoms with Gasteiger partial charge in [0, 0.05) is 5.56 Å². The molecule has 1 aliphatic rings. The van der Waals surface area contributed by atoms with E-state index in [4.69, 9.17) is 4.74 Å². The summed E-state index contributed by atoms with van der Waals surface area (Å²) < 4.78 is 6.91. The summed E-state index contributed by atoms with van der Waals surface area (Å²) in [6, 6.07) is 24.8. The number of nitrogens with one attached hydrogen (secondary N) is 1. The number of ether oxygens (including phenoxy) is 1. The van der Waals surface area contributed by atoms with E-state index in [2.05, 4.69) is 81.9 Å². The Bertz CT molecular complexity index is 958. The fourth-order valence-corrected chi connectivity index (χ4v) is 4.28. The fourth-order valence-electron chi connectivity index (χ4n) is 2.78. The molecule has 1 atom stereocenters. The molecule has 4 rings (SSSR count). The molecule has 3 nitrogen and oxygen atoms in total. The van der Waals surface area contributed by atoms with E-state index >= 15 is 0 Å². The molecule has 0 aromatic heterocycles. The molecule has 0 spiro atoms. The van der Waals surface area contributed by atoms with Crippen LogP contribution in [0.2, 0.25) is 0 Å². The van der Waals surface area contributed by atoms with Crippen molar-refractivity contribution in [2.45, 2.75) is 18.9 Å². The van der Waals surface area contributed by atoms with E-state index in [0.29, 0.717) is 6.61 Å². The van der Waals surface area contributed by atoms with E-state index < -0.39 is 0 Å². The van der Waals surface area contributed by atoms with E-state index in [-0.39, 0.29) is 5.37 Å². The summed E-state index contributed by atoms with van der Waals surface area (Å²) in [4.78, 5) is 0. The molecular formula is C22H19BrN2OS. The Morgan fingerprint density at radius 1 is 1.04 bits per heavy atom. The van der Waals surface area contributed by atoms with Crippen molar-refractivity contribution in [3.63, 3.8) is 0 Å². The number of halogens is 1. The zero-order valence-electron chi connectivity index (χ0n) is 14.9. The van der Waals surface area contributed by atoms with Crippen molar-refractivity contribution in [1.82, 2.24) is 5.43 Å². The van der Waals surface area contributed by atoms with Gasteiger partial charge in [-0.2, -0.15) is 5.10 Å². The van der Waals surface area contributed by atoms with Crippen molar-refractivity contribution >= 4 is 32.7 Å². The summed E-state index contributed by atoms with van der Waals surface area (Å²) in [7, 11) is 0. The highest BCUT2D eigenvalue weighted by atomic mass is 79.9. The van der Waals surface area contributed by atoms with Gasteiger partial charge in [-0.05, 0) is 46.1 Å².